The topological polar surface area (TPSA) is 38.1 Å². The molecule has 0 fully saturated rings. The number of carbonyl (C=O) groups excluding carboxylic acids is 1. The maximum absolute atomic E-state index is 13.2. The first-order chi connectivity index (χ1) is 13.0. The molecule has 142 valence electrons. The number of benzene rings is 2. The van der Waals surface area contributed by atoms with Gasteiger partial charge < -0.3 is 9.47 Å². The van der Waals surface area contributed by atoms with Crippen LogP contribution in [0.25, 0.3) is 11.0 Å². The minimum Gasteiger partial charge on any atom is -0.331 e. The SMILES string of the molecule is CCCN(Cc1nc2ccc(Cl)cc2n1CCC)C(=O)c1ccc(F)cc1. The molecular weight excluding hydrogens is 365 g/mol. The van der Waals surface area contributed by atoms with Crippen molar-refractivity contribution in [1.29, 1.82) is 0 Å². The maximum Gasteiger partial charge on any atom is 0.254 e. The predicted molar refractivity (Wildman–Crippen MR) is 106 cm³/mol. The van der Waals surface area contributed by atoms with Crippen molar-refractivity contribution in [2.45, 2.75) is 39.8 Å². The highest BCUT2D eigenvalue weighted by Gasteiger charge is 2.19. The third-order valence-corrected chi connectivity index (χ3v) is 4.68. The van der Waals surface area contributed by atoms with E-state index >= 15 is 0 Å². The zero-order chi connectivity index (χ0) is 19.4. The summed E-state index contributed by atoms with van der Waals surface area (Å²) < 4.78 is 15.3. The minimum atomic E-state index is -0.352. The molecule has 0 unspecified atom stereocenters. The summed E-state index contributed by atoms with van der Waals surface area (Å²) in [7, 11) is 0. The van der Waals surface area contributed by atoms with Gasteiger partial charge in [-0.15, -0.1) is 0 Å². The molecule has 0 aliphatic rings. The molecule has 0 saturated heterocycles. The lowest BCUT2D eigenvalue weighted by molar-refractivity contribution is 0.0737. The van der Waals surface area contributed by atoms with Crippen LogP contribution in [0.2, 0.25) is 5.02 Å². The van der Waals surface area contributed by atoms with Crippen LogP contribution >= 0.6 is 11.6 Å². The van der Waals surface area contributed by atoms with Crippen LogP contribution in [-0.2, 0) is 13.1 Å². The van der Waals surface area contributed by atoms with E-state index in [2.05, 4.69) is 11.5 Å². The molecule has 0 bridgehead atoms. The summed E-state index contributed by atoms with van der Waals surface area (Å²) in [5.74, 6) is 0.359. The number of carbonyl (C=O) groups is 1. The molecule has 3 aromatic rings. The lowest BCUT2D eigenvalue weighted by Crippen LogP contribution is -2.32. The monoisotopic (exact) mass is 387 g/mol. The summed E-state index contributed by atoms with van der Waals surface area (Å²) in [6.07, 6.45) is 1.78. The molecule has 0 spiro atoms. The van der Waals surface area contributed by atoms with Gasteiger partial charge >= 0.3 is 0 Å². The van der Waals surface area contributed by atoms with Crippen LogP contribution in [0, 0.1) is 5.82 Å². The molecular formula is C21H23ClFN3O. The second-order valence-electron chi connectivity index (χ2n) is 6.55. The fourth-order valence-electron chi connectivity index (χ4n) is 3.21. The van der Waals surface area contributed by atoms with Crippen molar-refractivity contribution in [1.82, 2.24) is 14.5 Å². The molecule has 6 heteroatoms. The number of amides is 1. The quantitative estimate of drug-likeness (QED) is 0.552. The Balaban J connectivity index is 1.95. The van der Waals surface area contributed by atoms with E-state index in [0.717, 1.165) is 36.2 Å². The molecule has 0 aliphatic carbocycles. The van der Waals surface area contributed by atoms with Gasteiger partial charge in [0.1, 0.15) is 11.6 Å². The lowest BCUT2D eigenvalue weighted by atomic mass is 10.2. The van der Waals surface area contributed by atoms with Crippen molar-refractivity contribution < 1.29 is 9.18 Å². The van der Waals surface area contributed by atoms with Crippen LogP contribution in [0.4, 0.5) is 4.39 Å². The van der Waals surface area contributed by atoms with Crippen LogP contribution in [0.3, 0.4) is 0 Å². The van der Waals surface area contributed by atoms with Gasteiger partial charge in [0.2, 0.25) is 0 Å². The highest BCUT2D eigenvalue weighted by molar-refractivity contribution is 6.31. The van der Waals surface area contributed by atoms with E-state index in [1.165, 1.54) is 24.3 Å². The first kappa shape index (κ1) is 19.4. The Morgan fingerprint density at radius 3 is 2.56 bits per heavy atom. The van der Waals surface area contributed by atoms with E-state index in [1.807, 2.05) is 25.1 Å². The second kappa shape index (κ2) is 8.53. The summed E-state index contributed by atoms with van der Waals surface area (Å²) in [6.45, 7) is 5.94. The van der Waals surface area contributed by atoms with Crippen LogP contribution in [0.1, 0.15) is 42.9 Å². The lowest BCUT2D eigenvalue weighted by Gasteiger charge is -2.22. The standard InChI is InChI=1S/C21H23ClFN3O/c1-3-11-25(21(27)15-5-8-17(23)9-6-15)14-20-24-18-10-7-16(22)13-19(18)26(20)12-4-2/h5-10,13H,3-4,11-12,14H2,1-2H3. The largest absolute Gasteiger partial charge is 0.331 e. The number of rotatable bonds is 7. The number of aryl methyl sites for hydroxylation is 1. The number of nitrogens with zero attached hydrogens (tertiary/aromatic N) is 3. The van der Waals surface area contributed by atoms with Crippen molar-refractivity contribution in [3.05, 3.63) is 64.7 Å². The van der Waals surface area contributed by atoms with E-state index in [4.69, 9.17) is 16.6 Å². The summed E-state index contributed by atoms with van der Waals surface area (Å²) >= 11 is 6.16. The molecule has 0 saturated carbocycles. The van der Waals surface area contributed by atoms with Gasteiger partial charge in [-0.2, -0.15) is 0 Å². The molecule has 1 aromatic heterocycles. The van der Waals surface area contributed by atoms with Crippen molar-refractivity contribution >= 4 is 28.5 Å². The molecule has 1 amide bonds. The smallest absolute Gasteiger partial charge is 0.254 e. The van der Waals surface area contributed by atoms with E-state index in [1.54, 1.807) is 4.90 Å². The number of hydrogen-bond acceptors (Lipinski definition) is 2. The Labute approximate surface area is 163 Å². The van der Waals surface area contributed by atoms with Gasteiger partial charge in [-0.25, -0.2) is 9.37 Å². The average Bonchev–Trinajstić information content (AvgIpc) is 2.98. The first-order valence-electron chi connectivity index (χ1n) is 9.23. The van der Waals surface area contributed by atoms with Gasteiger partial charge in [-0.05, 0) is 55.3 Å². The Bertz CT molecular complexity index is 936. The number of hydrogen-bond donors (Lipinski definition) is 0. The van der Waals surface area contributed by atoms with Crippen LogP contribution in [0.15, 0.2) is 42.5 Å². The Kier molecular flexibility index (Phi) is 6.11. The molecule has 0 N–H and O–H groups in total. The van der Waals surface area contributed by atoms with Crippen LogP contribution in [0.5, 0.6) is 0 Å². The van der Waals surface area contributed by atoms with E-state index < -0.39 is 0 Å². The number of fused-ring (bicyclic) bond motifs is 1. The van der Waals surface area contributed by atoms with E-state index in [-0.39, 0.29) is 11.7 Å². The minimum absolute atomic E-state index is 0.120. The number of imidazole rings is 1. The Hall–Kier alpha value is -2.40. The van der Waals surface area contributed by atoms with Crippen molar-refractivity contribution in [2.75, 3.05) is 6.54 Å². The van der Waals surface area contributed by atoms with Gasteiger partial charge in [0.25, 0.3) is 5.91 Å². The summed E-state index contributed by atoms with van der Waals surface area (Å²) in [6, 6.07) is 11.3. The molecule has 27 heavy (non-hydrogen) atoms. The third kappa shape index (κ3) is 4.30. The fourth-order valence-corrected chi connectivity index (χ4v) is 3.37. The molecule has 0 atom stereocenters. The van der Waals surface area contributed by atoms with Crippen molar-refractivity contribution in [3.63, 3.8) is 0 Å². The molecule has 1 heterocycles. The average molecular weight is 388 g/mol. The first-order valence-corrected chi connectivity index (χ1v) is 9.60. The van der Waals surface area contributed by atoms with E-state index in [0.29, 0.717) is 23.7 Å². The zero-order valence-corrected chi connectivity index (χ0v) is 16.3. The van der Waals surface area contributed by atoms with E-state index in [9.17, 15) is 9.18 Å². The van der Waals surface area contributed by atoms with Crippen molar-refractivity contribution in [3.8, 4) is 0 Å². The van der Waals surface area contributed by atoms with Gasteiger partial charge in [0, 0.05) is 23.7 Å². The van der Waals surface area contributed by atoms with Gasteiger partial charge in [0.15, 0.2) is 0 Å². The molecule has 3 rings (SSSR count). The molecule has 4 nitrogen and oxygen atoms in total. The summed E-state index contributed by atoms with van der Waals surface area (Å²) in [4.78, 5) is 19.4. The van der Waals surface area contributed by atoms with Crippen molar-refractivity contribution in [2.24, 2.45) is 0 Å². The third-order valence-electron chi connectivity index (χ3n) is 4.44. The Morgan fingerprint density at radius 1 is 1.15 bits per heavy atom. The van der Waals surface area contributed by atoms with Crippen LogP contribution in [-0.4, -0.2) is 26.9 Å². The number of aromatic nitrogens is 2. The summed E-state index contributed by atoms with van der Waals surface area (Å²) in [5, 5.41) is 0.666. The summed E-state index contributed by atoms with van der Waals surface area (Å²) in [5.41, 5.74) is 2.32. The van der Waals surface area contributed by atoms with Crippen LogP contribution < -0.4 is 0 Å². The van der Waals surface area contributed by atoms with Gasteiger partial charge in [-0.1, -0.05) is 25.4 Å². The molecule has 0 radical (unpaired) electrons. The normalized spacial score (nSPS) is 11.1. The fraction of sp³-hybridized carbons (Fsp3) is 0.333. The van der Waals surface area contributed by atoms with Gasteiger partial charge in [-0.3, -0.25) is 4.79 Å². The van der Waals surface area contributed by atoms with Gasteiger partial charge in [0.05, 0.1) is 17.6 Å². The highest BCUT2D eigenvalue weighted by atomic mass is 35.5. The molecule has 2 aromatic carbocycles. The molecule has 0 aliphatic heterocycles. The zero-order valence-electron chi connectivity index (χ0n) is 15.6. The Morgan fingerprint density at radius 2 is 1.89 bits per heavy atom. The number of halogens is 2. The predicted octanol–water partition coefficient (Wildman–Crippen LogP) is 5.29. The second-order valence-corrected chi connectivity index (χ2v) is 6.98. The highest BCUT2D eigenvalue weighted by Crippen LogP contribution is 2.22. The maximum atomic E-state index is 13.2.